The molecule has 0 amide bonds. The second-order valence-corrected chi connectivity index (χ2v) is 11.7. The zero-order valence-electron chi connectivity index (χ0n) is 22.5. The Bertz CT molecular complexity index is 1300. The number of hydrogen-bond donors (Lipinski definition) is 0. The Morgan fingerprint density at radius 2 is 1.72 bits per heavy atom. The summed E-state index contributed by atoms with van der Waals surface area (Å²) in [6.45, 7) is 9.34. The van der Waals surface area contributed by atoms with Crippen molar-refractivity contribution in [2.24, 2.45) is 5.41 Å². The molecule has 0 aromatic heterocycles. The van der Waals surface area contributed by atoms with Crippen molar-refractivity contribution in [1.82, 2.24) is 4.90 Å². The van der Waals surface area contributed by atoms with Gasteiger partial charge in [0.2, 0.25) is 5.69 Å². The van der Waals surface area contributed by atoms with Crippen molar-refractivity contribution in [3.63, 3.8) is 0 Å². The van der Waals surface area contributed by atoms with Gasteiger partial charge < -0.3 is 28.9 Å². The lowest BCUT2D eigenvalue weighted by atomic mass is 9.79. The Morgan fingerprint density at radius 3 is 2.44 bits per heavy atom. The molecule has 0 fully saturated rings. The molecule has 4 aliphatic rings. The van der Waals surface area contributed by atoms with E-state index in [9.17, 15) is 0 Å². The molecule has 0 unspecified atom stereocenters. The minimum atomic E-state index is -0.0220. The summed E-state index contributed by atoms with van der Waals surface area (Å²) in [6.07, 6.45) is 19.2. The summed E-state index contributed by atoms with van der Waals surface area (Å²) in [6, 6.07) is 8.72. The number of fused-ring (bicyclic) bond motifs is 1. The molecule has 190 valence electrons. The monoisotopic (exact) mass is 612 g/mol. The molecule has 0 spiro atoms. The second kappa shape index (κ2) is 10.1. The van der Waals surface area contributed by atoms with Gasteiger partial charge in [0.05, 0.1) is 5.41 Å². The van der Waals surface area contributed by atoms with E-state index in [-0.39, 0.29) is 34.8 Å². The molecule has 5 rings (SSSR count). The molecule has 1 aromatic carbocycles. The van der Waals surface area contributed by atoms with Gasteiger partial charge in [-0.1, -0.05) is 61.9 Å². The SMILES string of the molecule is CN1C2=C(CCC=C2)C(C)(C)/C1=C\C=C1/CCCC(/C=C/C2=[N+](C)c3ccccc3C2(C)C)=C1Cl.[I-]. The average molecular weight is 613 g/mol. The van der Waals surface area contributed by atoms with Gasteiger partial charge in [0, 0.05) is 46.6 Å². The number of benzene rings is 1. The summed E-state index contributed by atoms with van der Waals surface area (Å²) in [5.41, 5.74) is 10.8. The molecule has 2 heterocycles. The predicted octanol–water partition coefficient (Wildman–Crippen LogP) is 5.32. The fourth-order valence-electron chi connectivity index (χ4n) is 6.49. The van der Waals surface area contributed by atoms with Crippen LogP contribution in [0.25, 0.3) is 0 Å². The van der Waals surface area contributed by atoms with Crippen molar-refractivity contribution in [1.29, 1.82) is 0 Å². The summed E-state index contributed by atoms with van der Waals surface area (Å²) in [5, 5.41) is 0.928. The molecule has 2 aliphatic heterocycles. The zero-order chi connectivity index (χ0) is 25.0. The van der Waals surface area contributed by atoms with Gasteiger partial charge in [0.15, 0.2) is 5.71 Å². The first-order valence-corrected chi connectivity index (χ1v) is 13.3. The van der Waals surface area contributed by atoms with Gasteiger partial charge in [-0.2, -0.15) is 4.58 Å². The van der Waals surface area contributed by atoms with Crippen molar-refractivity contribution in [2.45, 2.75) is 65.2 Å². The lowest BCUT2D eigenvalue weighted by Gasteiger charge is -2.26. The first-order valence-electron chi connectivity index (χ1n) is 13.0. The molecule has 0 atom stereocenters. The third-order valence-electron chi connectivity index (χ3n) is 8.54. The van der Waals surface area contributed by atoms with E-state index in [1.807, 2.05) is 0 Å². The smallest absolute Gasteiger partial charge is 0.209 e. The highest BCUT2D eigenvalue weighted by Crippen LogP contribution is 2.49. The fourth-order valence-corrected chi connectivity index (χ4v) is 6.81. The maximum Gasteiger partial charge on any atom is 0.209 e. The topological polar surface area (TPSA) is 6.25 Å². The zero-order valence-corrected chi connectivity index (χ0v) is 25.4. The lowest BCUT2D eigenvalue weighted by molar-refractivity contribution is -0.401. The number of hydrogen-bond acceptors (Lipinski definition) is 1. The first kappa shape index (κ1) is 27.2. The van der Waals surface area contributed by atoms with Crippen LogP contribution >= 0.6 is 11.6 Å². The molecule has 0 radical (unpaired) electrons. The Labute approximate surface area is 239 Å². The van der Waals surface area contributed by atoms with E-state index in [4.69, 9.17) is 11.6 Å². The third-order valence-corrected chi connectivity index (χ3v) is 9.03. The highest BCUT2D eigenvalue weighted by molar-refractivity contribution is 6.32. The number of likely N-dealkylation sites (N-methyl/N-ethyl adjacent to an activating group) is 1. The Morgan fingerprint density at radius 1 is 0.972 bits per heavy atom. The van der Waals surface area contributed by atoms with Gasteiger partial charge in [-0.25, -0.2) is 0 Å². The van der Waals surface area contributed by atoms with Gasteiger partial charge in [-0.3, -0.25) is 0 Å². The van der Waals surface area contributed by atoms with Gasteiger partial charge in [0.1, 0.15) is 7.05 Å². The summed E-state index contributed by atoms with van der Waals surface area (Å²) < 4.78 is 2.32. The Hall–Kier alpha value is -1.85. The molecule has 0 saturated heterocycles. The molecule has 4 heteroatoms. The molecule has 0 saturated carbocycles. The van der Waals surface area contributed by atoms with E-state index in [0.29, 0.717) is 0 Å². The maximum absolute atomic E-state index is 7.02. The van der Waals surface area contributed by atoms with Crippen molar-refractivity contribution in [3.05, 3.63) is 99.4 Å². The average Bonchev–Trinajstić information content (AvgIpc) is 3.16. The Kier molecular flexibility index (Phi) is 7.65. The standard InChI is InChI=1S/C32H38ClN2.HI/c1-31(2)24-14-7-9-16-26(24)34(5)28(31)20-18-22-12-11-13-23(30(22)33)19-21-29-32(3,4)25-15-8-10-17-27(25)35(29)6;/h7,9-10,14,16-21H,8,11-13,15H2,1-6H3;1H/q+1;/p-1. The highest BCUT2D eigenvalue weighted by Gasteiger charge is 2.42. The van der Waals surface area contributed by atoms with E-state index in [0.717, 1.165) is 37.1 Å². The van der Waals surface area contributed by atoms with Crippen LogP contribution in [0.3, 0.4) is 0 Å². The molecule has 2 nitrogen and oxygen atoms in total. The van der Waals surface area contributed by atoms with E-state index in [1.54, 1.807) is 5.57 Å². The summed E-state index contributed by atoms with van der Waals surface area (Å²) in [7, 11) is 4.37. The van der Waals surface area contributed by atoms with Crippen LogP contribution in [0.1, 0.15) is 65.4 Å². The maximum atomic E-state index is 7.02. The van der Waals surface area contributed by atoms with Crippen LogP contribution in [0, 0.1) is 5.41 Å². The van der Waals surface area contributed by atoms with Crippen molar-refractivity contribution in [2.75, 3.05) is 14.1 Å². The molecular weight excluding hydrogens is 575 g/mol. The van der Waals surface area contributed by atoms with Crippen LogP contribution in [0.2, 0.25) is 0 Å². The van der Waals surface area contributed by atoms with Gasteiger partial charge in [0.25, 0.3) is 0 Å². The Balaban J connectivity index is 0.00000304. The third kappa shape index (κ3) is 4.41. The van der Waals surface area contributed by atoms with E-state index in [2.05, 4.69) is 112 Å². The molecule has 1 aromatic rings. The van der Waals surface area contributed by atoms with E-state index >= 15 is 0 Å². The van der Waals surface area contributed by atoms with Crippen LogP contribution in [-0.4, -0.2) is 29.3 Å². The normalized spacial score (nSPS) is 24.8. The van der Waals surface area contributed by atoms with Crippen molar-refractivity contribution in [3.8, 4) is 0 Å². The number of allylic oxidation sites excluding steroid dienone is 10. The van der Waals surface area contributed by atoms with Crippen LogP contribution < -0.4 is 24.0 Å². The predicted molar refractivity (Wildman–Crippen MR) is 149 cm³/mol. The quantitative estimate of drug-likeness (QED) is 0.331. The first-order chi connectivity index (χ1) is 16.6. The molecule has 0 bridgehead atoms. The number of rotatable bonds is 3. The summed E-state index contributed by atoms with van der Waals surface area (Å²) in [4.78, 5) is 2.37. The molecule has 36 heavy (non-hydrogen) atoms. The summed E-state index contributed by atoms with van der Waals surface area (Å²) >= 11 is 7.02. The van der Waals surface area contributed by atoms with Crippen LogP contribution in [0.5, 0.6) is 0 Å². The highest BCUT2D eigenvalue weighted by atomic mass is 127. The molecule has 2 aliphatic carbocycles. The van der Waals surface area contributed by atoms with Crippen molar-refractivity contribution >= 4 is 23.0 Å². The fraction of sp³-hybridized carbons (Fsp3) is 0.406. The minimum absolute atomic E-state index is 0. The number of halogens is 2. The lowest BCUT2D eigenvalue weighted by Crippen LogP contribution is -3.00. The van der Waals surface area contributed by atoms with E-state index < -0.39 is 0 Å². The molecular formula is C32H38ClIN2. The van der Waals surface area contributed by atoms with Crippen LogP contribution in [0.4, 0.5) is 5.69 Å². The largest absolute Gasteiger partial charge is 1.00 e. The molecule has 0 N–H and O–H groups in total. The number of para-hydroxylation sites is 1. The second-order valence-electron chi connectivity index (χ2n) is 11.3. The van der Waals surface area contributed by atoms with Crippen LogP contribution in [-0.2, 0) is 5.41 Å². The van der Waals surface area contributed by atoms with E-state index in [1.165, 1.54) is 39.5 Å². The minimum Gasteiger partial charge on any atom is -1.00 e. The summed E-state index contributed by atoms with van der Waals surface area (Å²) in [5.74, 6) is 0. The van der Waals surface area contributed by atoms with Gasteiger partial charge in [-0.15, -0.1) is 0 Å². The van der Waals surface area contributed by atoms with Gasteiger partial charge >= 0.3 is 0 Å². The van der Waals surface area contributed by atoms with Crippen LogP contribution in [0.15, 0.2) is 93.9 Å². The van der Waals surface area contributed by atoms with Gasteiger partial charge in [-0.05, 0) is 74.8 Å². The van der Waals surface area contributed by atoms with Crippen molar-refractivity contribution < 1.29 is 28.6 Å². The number of nitrogens with zero attached hydrogens (tertiary/aromatic N) is 2.